The molecular weight excluding hydrogens is 414 g/mol. The highest BCUT2D eigenvalue weighted by molar-refractivity contribution is 9.10. The van der Waals surface area contributed by atoms with Gasteiger partial charge in [-0.2, -0.15) is 0 Å². The zero-order valence-corrected chi connectivity index (χ0v) is 15.4. The second-order valence-electron chi connectivity index (χ2n) is 4.52. The zero-order valence-electron chi connectivity index (χ0n) is 13.0. The maximum absolute atomic E-state index is 11.8. The Hall–Kier alpha value is -2.59. The third kappa shape index (κ3) is 6.08. The number of halogens is 1. The van der Waals surface area contributed by atoms with Crippen LogP contribution in [0.15, 0.2) is 45.5 Å². The van der Waals surface area contributed by atoms with Gasteiger partial charge in [-0.15, -0.1) is 0 Å². The fourth-order valence-electron chi connectivity index (χ4n) is 1.62. The second kappa shape index (κ2) is 9.04. The summed E-state index contributed by atoms with van der Waals surface area (Å²) in [4.78, 5) is 23.5. The van der Waals surface area contributed by atoms with Gasteiger partial charge >= 0.3 is 0 Å². The summed E-state index contributed by atoms with van der Waals surface area (Å²) < 4.78 is 15.8. The molecule has 0 aliphatic carbocycles. The number of amides is 2. The summed E-state index contributed by atoms with van der Waals surface area (Å²) in [5, 5.41) is 2.26. The number of thiocarbonyl (C=S) groups is 1. The molecule has 2 aromatic rings. The molecule has 0 radical (unpaired) electrons. The summed E-state index contributed by atoms with van der Waals surface area (Å²) in [6.45, 7) is -0.235. The van der Waals surface area contributed by atoms with Crippen LogP contribution >= 0.6 is 28.1 Å². The molecule has 0 spiro atoms. The lowest BCUT2D eigenvalue weighted by Gasteiger charge is -2.11. The monoisotopic (exact) mass is 427 g/mol. The van der Waals surface area contributed by atoms with Gasteiger partial charge in [0, 0.05) is 0 Å². The third-order valence-electron chi connectivity index (χ3n) is 2.77. The quantitative estimate of drug-likeness (QED) is 0.493. The van der Waals surface area contributed by atoms with Crippen molar-refractivity contribution in [1.82, 2.24) is 16.2 Å². The van der Waals surface area contributed by atoms with Crippen LogP contribution < -0.4 is 25.6 Å². The number of carbonyl (C=O) groups is 2. The van der Waals surface area contributed by atoms with Gasteiger partial charge in [-0.25, -0.2) is 0 Å². The van der Waals surface area contributed by atoms with Gasteiger partial charge in [-0.1, -0.05) is 0 Å². The van der Waals surface area contributed by atoms with Gasteiger partial charge in [-0.05, 0) is 64.5 Å². The van der Waals surface area contributed by atoms with Crippen molar-refractivity contribution in [2.24, 2.45) is 0 Å². The number of rotatable bonds is 5. The largest absolute Gasteiger partial charge is 0.497 e. The molecule has 0 saturated heterocycles. The topological polar surface area (TPSA) is 102 Å². The van der Waals surface area contributed by atoms with Crippen LogP contribution in [0.25, 0.3) is 0 Å². The minimum Gasteiger partial charge on any atom is -0.497 e. The molecule has 0 fully saturated rings. The molecule has 3 N–H and O–H groups in total. The number of hydrogen-bond acceptors (Lipinski definition) is 6. The Morgan fingerprint density at radius 2 is 1.80 bits per heavy atom. The van der Waals surface area contributed by atoms with Crippen LogP contribution in [0.5, 0.6) is 11.5 Å². The Morgan fingerprint density at radius 3 is 2.40 bits per heavy atom. The molecule has 25 heavy (non-hydrogen) atoms. The van der Waals surface area contributed by atoms with Crippen molar-refractivity contribution < 1.29 is 23.5 Å². The molecule has 1 aromatic heterocycles. The Bertz CT molecular complexity index is 763. The molecule has 0 saturated carbocycles. The maximum atomic E-state index is 11.8. The van der Waals surface area contributed by atoms with Crippen molar-refractivity contribution in [1.29, 1.82) is 0 Å². The third-order valence-corrected chi connectivity index (χ3v) is 3.40. The van der Waals surface area contributed by atoms with E-state index < -0.39 is 11.8 Å². The van der Waals surface area contributed by atoms with E-state index in [-0.39, 0.29) is 17.5 Å². The van der Waals surface area contributed by atoms with Crippen molar-refractivity contribution in [3.63, 3.8) is 0 Å². The predicted molar refractivity (Wildman–Crippen MR) is 96.2 cm³/mol. The minimum atomic E-state index is -0.549. The molecule has 2 amide bonds. The molecular formula is C15H14BrN3O5S. The van der Waals surface area contributed by atoms with Crippen molar-refractivity contribution in [3.8, 4) is 11.5 Å². The van der Waals surface area contributed by atoms with Crippen LogP contribution in [0, 0.1) is 0 Å². The van der Waals surface area contributed by atoms with Crippen LogP contribution in [-0.4, -0.2) is 30.6 Å². The Labute approximate surface area is 157 Å². The van der Waals surface area contributed by atoms with E-state index in [0.29, 0.717) is 16.2 Å². The van der Waals surface area contributed by atoms with Crippen LogP contribution in [0.1, 0.15) is 10.6 Å². The first kappa shape index (κ1) is 18.7. The second-order valence-corrected chi connectivity index (χ2v) is 5.71. The number of furan rings is 1. The number of hydrazine groups is 1. The van der Waals surface area contributed by atoms with E-state index in [9.17, 15) is 9.59 Å². The van der Waals surface area contributed by atoms with Gasteiger partial charge < -0.3 is 13.9 Å². The first-order valence-corrected chi connectivity index (χ1v) is 8.10. The van der Waals surface area contributed by atoms with Gasteiger partial charge in [0.05, 0.1) is 7.11 Å². The molecule has 1 heterocycles. The van der Waals surface area contributed by atoms with Gasteiger partial charge in [0.15, 0.2) is 22.1 Å². The number of hydrogen-bond donors (Lipinski definition) is 3. The fraction of sp³-hybridized carbons (Fsp3) is 0.133. The summed E-state index contributed by atoms with van der Waals surface area (Å²) in [5.41, 5.74) is 4.69. The highest BCUT2D eigenvalue weighted by atomic mass is 79.9. The normalized spacial score (nSPS) is 9.84. The molecule has 8 nitrogen and oxygen atoms in total. The average Bonchev–Trinajstić information content (AvgIpc) is 3.05. The molecule has 0 bridgehead atoms. The lowest BCUT2D eigenvalue weighted by Crippen LogP contribution is -2.49. The van der Waals surface area contributed by atoms with E-state index in [1.807, 2.05) is 0 Å². The minimum absolute atomic E-state index is 0.0743. The van der Waals surface area contributed by atoms with Gasteiger partial charge in [0.1, 0.15) is 11.5 Å². The maximum Gasteiger partial charge on any atom is 0.293 e. The van der Waals surface area contributed by atoms with Crippen molar-refractivity contribution in [3.05, 3.63) is 46.8 Å². The van der Waals surface area contributed by atoms with Crippen LogP contribution in [0.2, 0.25) is 0 Å². The smallest absolute Gasteiger partial charge is 0.293 e. The molecule has 0 unspecified atom stereocenters. The van der Waals surface area contributed by atoms with E-state index in [0.717, 1.165) is 0 Å². The lowest BCUT2D eigenvalue weighted by molar-refractivity contribution is -0.123. The molecule has 0 aliphatic heterocycles. The summed E-state index contributed by atoms with van der Waals surface area (Å²) in [7, 11) is 1.56. The number of ether oxygens (including phenoxy) is 2. The summed E-state index contributed by atoms with van der Waals surface area (Å²) in [6.07, 6.45) is 0. The first-order chi connectivity index (χ1) is 12.0. The van der Waals surface area contributed by atoms with E-state index >= 15 is 0 Å². The van der Waals surface area contributed by atoms with Gasteiger partial charge in [0.25, 0.3) is 11.8 Å². The predicted octanol–water partition coefficient (Wildman–Crippen LogP) is 1.77. The molecule has 132 valence electrons. The van der Waals surface area contributed by atoms with E-state index in [2.05, 4.69) is 32.1 Å². The summed E-state index contributed by atoms with van der Waals surface area (Å²) in [6, 6.07) is 9.82. The lowest BCUT2D eigenvalue weighted by atomic mass is 10.3. The van der Waals surface area contributed by atoms with Gasteiger partial charge in [0.2, 0.25) is 0 Å². The Kier molecular flexibility index (Phi) is 6.78. The van der Waals surface area contributed by atoms with Gasteiger partial charge in [-0.3, -0.25) is 25.8 Å². The number of carbonyl (C=O) groups excluding carboxylic acids is 2. The van der Waals surface area contributed by atoms with Crippen LogP contribution in [0.3, 0.4) is 0 Å². The fourth-order valence-corrected chi connectivity index (χ4v) is 2.07. The standard InChI is InChI=1S/C15H14BrN3O5S/c1-22-9-2-4-10(5-3-9)23-8-13(20)18-19-15(25)17-14(21)11-6-7-12(16)24-11/h2-7H,8H2,1H3,(H,18,20)(H2,17,19,21,25). The van der Waals surface area contributed by atoms with E-state index in [1.54, 1.807) is 37.4 Å². The highest BCUT2D eigenvalue weighted by Crippen LogP contribution is 2.16. The molecule has 0 atom stereocenters. The molecule has 10 heteroatoms. The molecule has 2 rings (SSSR count). The van der Waals surface area contributed by atoms with Crippen LogP contribution in [0.4, 0.5) is 0 Å². The zero-order chi connectivity index (χ0) is 18.2. The van der Waals surface area contributed by atoms with E-state index in [4.69, 9.17) is 26.1 Å². The van der Waals surface area contributed by atoms with E-state index in [1.165, 1.54) is 6.07 Å². The first-order valence-electron chi connectivity index (χ1n) is 6.90. The van der Waals surface area contributed by atoms with Crippen molar-refractivity contribution in [2.45, 2.75) is 0 Å². The molecule has 1 aromatic carbocycles. The van der Waals surface area contributed by atoms with Crippen molar-refractivity contribution >= 4 is 45.1 Å². The SMILES string of the molecule is COc1ccc(OCC(=O)NNC(=S)NC(=O)c2ccc(Br)o2)cc1. The Balaban J connectivity index is 1.70. The Morgan fingerprint density at radius 1 is 1.12 bits per heavy atom. The van der Waals surface area contributed by atoms with Crippen molar-refractivity contribution in [2.75, 3.05) is 13.7 Å². The average molecular weight is 428 g/mol. The number of benzene rings is 1. The van der Waals surface area contributed by atoms with Crippen LogP contribution in [-0.2, 0) is 4.79 Å². The summed E-state index contributed by atoms with van der Waals surface area (Å²) in [5.74, 6) is 0.239. The number of nitrogens with one attached hydrogen (secondary N) is 3. The number of methoxy groups -OCH3 is 1. The molecule has 0 aliphatic rings. The summed E-state index contributed by atoms with van der Waals surface area (Å²) >= 11 is 7.98. The highest BCUT2D eigenvalue weighted by Gasteiger charge is 2.12.